The Bertz CT molecular complexity index is 371. The molecule has 0 unspecified atom stereocenters. The van der Waals surface area contributed by atoms with Crippen molar-refractivity contribution in [3.8, 4) is 0 Å². The summed E-state index contributed by atoms with van der Waals surface area (Å²) in [6.07, 6.45) is 2.80. The van der Waals surface area contributed by atoms with E-state index >= 15 is 0 Å². The molecule has 3 nitrogen and oxygen atoms in total. The van der Waals surface area contributed by atoms with Crippen LogP contribution in [0.1, 0.15) is 37.8 Å². The van der Waals surface area contributed by atoms with Gasteiger partial charge in [0.05, 0.1) is 6.10 Å². The van der Waals surface area contributed by atoms with Gasteiger partial charge in [0.15, 0.2) is 0 Å². The quantitative estimate of drug-likeness (QED) is 0.840. The molecular formula is C15H24N2O. The van der Waals surface area contributed by atoms with Crippen molar-refractivity contribution in [3.63, 3.8) is 0 Å². The van der Waals surface area contributed by atoms with Crippen molar-refractivity contribution in [2.24, 2.45) is 11.7 Å². The molecule has 1 aromatic rings. The van der Waals surface area contributed by atoms with E-state index in [2.05, 4.69) is 43.1 Å². The Morgan fingerprint density at radius 2 is 1.94 bits per heavy atom. The minimum Gasteiger partial charge on any atom is -0.393 e. The molecule has 1 aliphatic rings. The van der Waals surface area contributed by atoms with E-state index in [0.717, 1.165) is 25.8 Å². The summed E-state index contributed by atoms with van der Waals surface area (Å²) < 4.78 is 0. The maximum atomic E-state index is 9.29. The van der Waals surface area contributed by atoms with Crippen molar-refractivity contribution in [1.82, 2.24) is 0 Å². The summed E-state index contributed by atoms with van der Waals surface area (Å²) in [6.45, 7) is 3.13. The van der Waals surface area contributed by atoms with E-state index < -0.39 is 0 Å². The van der Waals surface area contributed by atoms with Crippen molar-refractivity contribution in [2.75, 3.05) is 18.5 Å². The molecule has 0 aliphatic heterocycles. The van der Waals surface area contributed by atoms with Crippen LogP contribution in [0.5, 0.6) is 0 Å². The summed E-state index contributed by atoms with van der Waals surface area (Å²) in [5, 5.41) is 9.29. The fourth-order valence-electron chi connectivity index (χ4n) is 2.55. The highest BCUT2D eigenvalue weighted by Crippen LogP contribution is 2.29. The van der Waals surface area contributed by atoms with Crippen LogP contribution in [0.2, 0.25) is 0 Å². The topological polar surface area (TPSA) is 49.5 Å². The molecule has 1 fully saturated rings. The van der Waals surface area contributed by atoms with Crippen LogP contribution in [-0.2, 0) is 0 Å². The Hall–Kier alpha value is -1.06. The number of aliphatic hydroxyl groups is 1. The molecule has 1 aromatic carbocycles. The third-order valence-electron chi connectivity index (χ3n) is 3.94. The Balaban J connectivity index is 1.92. The molecule has 0 saturated heterocycles. The normalized spacial score (nSPS) is 24.4. The number of rotatable bonds is 5. The highest BCUT2D eigenvalue weighted by Gasteiger charge is 2.27. The predicted molar refractivity (Wildman–Crippen MR) is 75.7 cm³/mol. The molecule has 0 bridgehead atoms. The standard InChI is InChI=1S/C15H24N2O/c1-3-15(16)12-4-6-13(7-5-12)17(2)10-11-8-14(18)9-11/h4-7,11,14-15,18H,3,8-10,16H2,1-2H3/t11?,14?,15-/m1/s1. The molecule has 0 spiro atoms. The van der Waals surface area contributed by atoms with Crippen LogP contribution in [0, 0.1) is 5.92 Å². The van der Waals surface area contributed by atoms with E-state index in [4.69, 9.17) is 5.73 Å². The predicted octanol–water partition coefficient (Wildman–Crippen LogP) is 2.30. The molecular weight excluding hydrogens is 224 g/mol. The van der Waals surface area contributed by atoms with E-state index in [9.17, 15) is 5.11 Å². The largest absolute Gasteiger partial charge is 0.393 e. The zero-order valence-corrected chi connectivity index (χ0v) is 11.3. The lowest BCUT2D eigenvalue weighted by atomic mass is 9.82. The van der Waals surface area contributed by atoms with E-state index in [1.807, 2.05) is 0 Å². The summed E-state index contributed by atoms with van der Waals surface area (Å²) in [5.74, 6) is 0.641. The Morgan fingerprint density at radius 1 is 1.33 bits per heavy atom. The summed E-state index contributed by atoms with van der Waals surface area (Å²) in [4.78, 5) is 2.26. The van der Waals surface area contributed by atoms with Crippen molar-refractivity contribution >= 4 is 5.69 Å². The maximum Gasteiger partial charge on any atom is 0.0546 e. The Morgan fingerprint density at radius 3 is 2.44 bits per heavy atom. The van der Waals surface area contributed by atoms with Gasteiger partial charge < -0.3 is 15.7 Å². The van der Waals surface area contributed by atoms with Gasteiger partial charge in [-0.25, -0.2) is 0 Å². The number of hydrogen-bond acceptors (Lipinski definition) is 3. The van der Waals surface area contributed by atoms with Gasteiger partial charge in [-0.1, -0.05) is 19.1 Å². The number of nitrogens with two attached hydrogens (primary N) is 1. The fraction of sp³-hybridized carbons (Fsp3) is 0.600. The summed E-state index contributed by atoms with van der Waals surface area (Å²) in [7, 11) is 2.11. The molecule has 0 heterocycles. The average Bonchev–Trinajstić information content (AvgIpc) is 2.36. The molecule has 0 amide bonds. The first-order valence-electron chi connectivity index (χ1n) is 6.85. The molecule has 100 valence electrons. The van der Waals surface area contributed by atoms with Crippen LogP contribution in [0.3, 0.4) is 0 Å². The third-order valence-corrected chi connectivity index (χ3v) is 3.94. The molecule has 0 aromatic heterocycles. The molecule has 1 saturated carbocycles. The highest BCUT2D eigenvalue weighted by atomic mass is 16.3. The second-order valence-electron chi connectivity index (χ2n) is 5.48. The Kier molecular flexibility index (Phi) is 4.25. The number of hydrogen-bond donors (Lipinski definition) is 2. The minimum absolute atomic E-state index is 0.0617. The van der Waals surface area contributed by atoms with Gasteiger partial charge in [-0.2, -0.15) is 0 Å². The number of aliphatic hydroxyl groups excluding tert-OH is 1. The summed E-state index contributed by atoms with van der Waals surface area (Å²) >= 11 is 0. The highest BCUT2D eigenvalue weighted by molar-refractivity contribution is 5.47. The average molecular weight is 248 g/mol. The molecule has 1 atom stereocenters. The lowest BCUT2D eigenvalue weighted by Gasteiger charge is -2.35. The van der Waals surface area contributed by atoms with Gasteiger partial charge in [0.1, 0.15) is 0 Å². The van der Waals surface area contributed by atoms with Crippen LogP contribution in [0.15, 0.2) is 24.3 Å². The van der Waals surface area contributed by atoms with Gasteiger partial charge in [0, 0.05) is 25.3 Å². The molecule has 3 heteroatoms. The minimum atomic E-state index is -0.0617. The lowest BCUT2D eigenvalue weighted by molar-refractivity contribution is 0.0465. The number of nitrogens with zero attached hydrogens (tertiary/aromatic N) is 1. The second-order valence-corrected chi connectivity index (χ2v) is 5.48. The van der Waals surface area contributed by atoms with Gasteiger partial charge in [0.2, 0.25) is 0 Å². The van der Waals surface area contributed by atoms with Crippen molar-refractivity contribution in [1.29, 1.82) is 0 Å². The maximum absolute atomic E-state index is 9.29. The first kappa shape index (κ1) is 13.4. The monoisotopic (exact) mass is 248 g/mol. The van der Waals surface area contributed by atoms with Gasteiger partial charge in [0.25, 0.3) is 0 Å². The Labute approximate surface area is 110 Å². The van der Waals surface area contributed by atoms with Crippen molar-refractivity contribution < 1.29 is 5.11 Å². The zero-order valence-electron chi connectivity index (χ0n) is 11.3. The zero-order chi connectivity index (χ0) is 13.1. The van der Waals surface area contributed by atoms with E-state index in [1.54, 1.807) is 0 Å². The lowest BCUT2D eigenvalue weighted by Crippen LogP contribution is -2.37. The first-order valence-corrected chi connectivity index (χ1v) is 6.85. The first-order chi connectivity index (χ1) is 8.60. The molecule has 1 aliphatic carbocycles. The van der Waals surface area contributed by atoms with Crippen LogP contribution >= 0.6 is 0 Å². The molecule has 2 rings (SSSR count). The molecule has 3 N–H and O–H groups in total. The second kappa shape index (κ2) is 5.72. The van der Waals surface area contributed by atoms with Gasteiger partial charge in [-0.05, 0) is 42.9 Å². The van der Waals surface area contributed by atoms with E-state index in [-0.39, 0.29) is 12.1 Å². The van der Waals surface area contributed by atoms with Gasteiger partial charge in [-0.3, -0.25) is 0 Å². The van der Waals surface area contributed by atoms with Crippen LogP contribution in [-0.4, -0.2) is 24.8 Å². The molecule has 0 radical (unpaired) electrons. The molecule has 18 heavy (non-hydrogen) atoms. The van der Waals surface area contributed by atoms with Crippen LogP contribution in [0.4, 0.5) is 5.69 Å². The van der Waals surface area contributed by atoms with Gasteiger partial charge >= 0.3 is 0 Å². The van der Waals surface area contributed by atoms with E-state index in [1.165, 1.54) is 11.3 Å². The van der Waals surface area contributed by atoms with Crippen LogP contribution in [0.25, 0.3) is 0 Å². The van der Waals surface area contributed by atoms with E-state index in [0.29, 0.717) is 5.92 Å². The van der Waals surface area contributed by atoms with Gasteiger partial charge in [-0.15, -0.1) is 0 Å². The third kappa shape index (κ3) is 3.03. The van der Waals surface area contributed by atoms with Crippen molar-refractivity contribution in [2.45, 2.75) is 38.3 Å². The summed E-state index contributed by atoms with van der Waals surface area (Å²) in [5.41, 5.74) is 8.43. The van der Waals surface area contributed by atoms with Crippen molar-refractivity contribution in [3.05, 3.63) is 29.8 Å². The smallest absolute Gasteiger partial charge is 0.0546 e. The fourth-order valence-corrected chi connectivity index (χ4v) is 2.55. The van der Waals surface area contributed by atoms with Crippen LogP contribution < -0.4 is 10.6 Å². The SMILES string of the molecule is CC[C@@H](N)c1ccc(N(C)CC2CC(O)C2)cc1. The number of benzene rings is 1. The summed E-state index contributed by atoms with van der Waals surface area (Å²) in [6, 6.07) is 8.66. The number of anilines is 1.